The molecule has 0 amide bonds. The van der Waals surface area contributed by atoms with Crippen molar-refractivity contribution < 1.29 is 0 Å². The van der Waals surface area contributed by atoms with Gasteiger partial charge in [0.2, 0.25) is 0 Å². The van der Waals surface area contributed by atoms with Gasteiger partial charge >= 0.3 is 0 Å². The van der Waals surface area contributed by atoms with Crippen molar-refractivity contribution in [2.24, 2.45) is 5.92 Å². The Balaban J connectivity index is 1.90. The fourth-order valence-electron chi connectivity index (χ4n) is 3.61. The molecule has 0 spiro atoms. The zero-order valence-corrected chi connectivity index (χ0v) is 10.6. The van der Waals surface area contributed by atoms with Crippen LogP contribution in [0.15, 0.2) is 0 Å². The first kappa shape index (κ1) is 11.4. The molecule has 2 nitrogen and oxygen atoms in total. The van der Waals surface area contributed by atoms with Crippen LogP contribution in [0.2, 0.25) is 0 Å². The molecule has 0 aromatic heterocycles. The summed E-state index contributed by atoms with van der Waals surface area (Å²) in [7, 11) is 2.08. The lowest BCUT2D eigenvalue weighted by Gasteiger charge is -2.36. The van der Waals surface area contributed by atoms with Crippen molar-refractivity contribution in [2.45, 2.75) is 57.5 Å². The number of nitrogens with one attached hydrogen (secondary N) is 1. The molecule has 0 radical (unpaired) electrons. The van der Waals surface area contributed by atoms with Gasteiger partial charge in [-0.05, 0) is 72.0 Å². The third-order valence-electron chi connectivity index (χ3n) is 4.41. The van der Waals surface area contributed by atoms with Crippen LogP contribution in [-0.2, 0) is 0 Å². The highest BCUT2D eigenvalue weighted by atomic mass is 15.2. The standard InChI is InChI=1S/C13H26N2/c1-13(2)7-4-8-15(13)12-6-5-11(9-12)10-14-3/h11-12,14H,4-10H2,1-3H3. The highest BCUT2D eigenvalue weighted by Gasteiger charge is 2.39. The van der Waals surface area contributed by atoms with E-state index in [4.69, 9.17) is 0 Å². The molecule has 2 heteroatoms. The molecule has 0 bridgehead atoms. The first-order chi connectivity index (χ1) is 7.13. The third-order valence-corrected chi connectivity index (χ3v) is 4.41. The average Bonchev–Trinajstić information content (AvgIpc) is 2.72. The summed E-state index contributed by atoms with van der Waals surface area (Å²) < 4.78 is 0. The molecular weight excluding hydrogens is 184 g/mol. The van der Waals surface area contributed by atoms with Gasteiger partial charge in [0.05, 0.1) is 0 Å². The van der Waals surface area contributed by atoms with Crippen molar-refractivity contribution in [3.05, 3.63) is 0 Å². The molecule has 0 aromatic rings. The van der Waals surface area contributed by atoms with Crippen LogP contribution in [0.1, 0.15) is 46.0 Å². The van der Waals surface area contributed by atoms with E-state index in [1.165, 1.54) is 45.2 Å². The average molecular weight is 210 g/mol. The molecule has 1 N–H and O–H groups in total. The molecule has 2 aliphatic rings. The zero-order chi connectivity index (χ0) is 10.9. The van der Waals surface area contributed by atoms with Crippen molar-refractivity contribution in [1.82, 2.24) is 10.2 Å². The summed E-state index contributed by atoms with van der Waals surface area (Å²) in [5, 5.41) is 3.32. The molecular formula is C13H26N2. The van der Waals surface area contributed by atoms with Gasteiger partial charge in [-0.25, -0.2) is 0 Å². The molecule has 1 saturated carbocycles. The Morgan fingerprint density at radius 1 is 1.33 bits per heavy atom. The highest BCUT2D eigenvalue weighted by molar-refractivity contribution is 4.95. The SMILES string of the molecule is CNCC1CCC(N2CCCC2(C)C)C1. The second-order valence-corrected chi connectivity index (χ2v) is 6.00. The lowest BCUT2D eigenvalue weighted by Crippen LogP contribution is -2.44. The summed E-state index contributed by atoms with van der Waals surface area (Å²) in [6, 6.07) is 0.876. The van der Waals surface area contributed by atoms with E-state index in [2.05, 4.69) is 31.1 Å². The molecule has 2 atom stereocenters. The van der Waals surface area contributed by atoms with Crippen LogP contribution < -0.4 is 5.32 Å². The monoisotopic (exact) mass is 210 g/mol. The predicted octanol–water partition coefficient (Wildman–Crippen LogP) is 2.25. The van der Waals surface area contributed by atoms with Gasteiger partial charge < -0.3 is 5.32 Å². The molecule has 1 aliphatic carbocycles. The van der Waals surface area contributed by atoms with Gasteiger partial charge in [-0.3, -0.25) is 4.90 Å². The number of hydrogen-bond acceptors (Lipinski definition) is 2. The van der Waals surface area contributed by atoms with Gasteiger partial charge in [0.1, 0.15) is 0 Å². The molecule has 0 aromatic carbocycles. The Morgan fingerprint density at radius 3 is 2.73 bits per heavy atom. The molecule has 1 aliphatic heterocycles. The topological polar surface area (TPSA) is 15.3 Å². The molecule has 88 valence electrons. The van der Waals surface area contributed by atoms with Gasteiger partial charge in [-0.2, -0.15) is 0 Å². The maximum Gasteiger partial charge on any atom is 0.0156 e. The maximum absolute atomic E-state index is 3.32. The maximum atomic E-state index is 3.32. The largest absolute Gasteiger partial charge is 0.319 e. The van der Waals surface area contributed by atoms with E-state index in [0.717, 1.165) is 12.0 Å². The fraction of sp³-hybridized carbons (Fsp3) is 1.00. The van der Waals surface area contributed by atoms with E-state index in [0.29, 0.717) is 5.54 Å². The van der Waals surface area contributed by atoms with Crippen LogP contribution in [0.5, 0.6) is 0 Å². The fourth-order valence-corrected chi connectivity index (χ4v) is 3.61. The second kappa shape index (κ2) is 4.42. The van der Waals surface area contributed by atoms with Crippen molar-refractivity contribution in [2.75, 3.05) is 20.1 Å². The Hall–Kier alpha value is -0.0800. The summed E-state index contributed by atoms with van der Waals surface area (Å²) in [5.74, 6) is 0.927. The predicted molar refractivity (Wildman–Crippen MR) is 65.1 cm³/mol. The van der Waals surface area contributed by atoms with Gasteiger partial charge in [-0.15, -0.1) is 0 Å². The Kier molecular flexibility index (Phi) is 3.36. The lowest BCUT2D eigenvalue weighted by atomic mass is 9.99. The van der Waals surface area contributed by atoms with E-state index >= 15 is 0 Å². The number of nitrogens with zero attached hydrogens (tertiary/aromatic N) is 1. The van der Waals surface area contributed by atoms with Crippen LogP contribution >= 0.6 is 0 Å². The van der Waals surface area contributed by atoms with Gasteiger partial charge in [0.25, 0.3) is 0 Å². The second-order valence-electron chi connectivity index (χ2n) is 6.00. The summed E-state index contributed by atoms with van der Waals surface area (Å²) in [5.41, 5.74) is 0.471. The Labute approximate surface area is 94.4 Å². The van der Waals surface area contributed by atoms with Crippen LogP contribution in [0.25, 0.3) is 0 Å². The number of hydrogen-bond donors (Lipinski definition) is 1. The summed E-state index contributed by atoms with van der Waals surface area (Å²) >= 11 is 0. The van der Waals surface area contributed by atoms with Crippen molar-refractivity contribution in [1.29, 1.82) is 0 Å². The van der Waals surface area contributed by atoms with E-state index in [9.17, 15) is 0 Å². The van der Waals surface area contributed by atoms with Gasteiger partial charge in [-0.1, -0.05) is 0 Å². The zero-order valence-electron chi connectivity index (χ0n) is 10.6. The summed E-state index contributed by atoms with van der Waals surface area (Å²) in [6.45, 7) is 7.39. The minimum absolute atomic E-state index is 0.471. The normalized spacial score (nSPS) is 36.2. The molecule has 2 fully saturated rings. The van der Waals surface area contributed by atoms with Gasteiger partial charge in [0.15, 0.2) is 0 Å². The first-order valence-electron chi connectivity index (χ1n) is 6.55. The Bertz CT molecular complexity index is 213. The lowest BCUT2D eigenvalue weighted by molar-refractivity contribution is 0.115. The van der Waals surface area contributed by atoms with Crippen LogP contribution in [0.3, 0.4) is 0 Å². The molecule has 2 unspecified atom stereocenters. The Morgan fingerprint density at radius 2 is 2.13 bits per heavy atom. The molecule has 15 heavy (non-hydrogen) atoms. The van der Waals surface area contributed by atoms with E-state index in [1.807, 2.05) is 0 Å². The van der Waals surface area contributed by atoms with Crippen LogP contribution in [-0.4, -0.2) is 36.6 Å². The van der Waals surface area contributed by atoms with E-state index < -0.39 is 0 Å². The van der Waals surface area contributed by atoms with Gasteiger partial charge in [0, 0.05) is 11.6 Å². The number of likely N-dealkylation sites (tertiary alicyclic amines) is 1. The minimum Gasteiger partial charge on any atom is -0.319 e. The van der Waals surface area contributed by atoms with E-state index in [1.54, 1.807) is 0 Å². The summed E-state index contributed by atoms with van der Waals surface area (Å²) in [4.78, 5) is 2.78. The molecule has 1 heterocycles. The first-order valence-corrected chi connectivity index (χ1v) is 6.55. The summed E-state index contributed by atoms with van der Waals surface area (Å²) in [6.07, 6.45) is 7.07. The molecule has 1 saturated heterocycles. The van der Waals surface area contributed by atoms with Crippen LogP contribution in [0, 0.1) is 5.92 Å². The highest BCUT2D eigenvalue weighted by Crippen LogP contribution is 2.37. The molecule has 2 rings (SSSR count). The van der Waals surface area contributed by atoms with Crippen LogP contribution in [0.4, 0.5) is 0 Å². The number of rotatable bonds is 3. The minimum atomic E-state index is 0.471. The van der Waals surface area contributed by atoms with Crippen molar-refractivity contribution in [3.63, 3.8) is 0 Å². The van der Waals surface area contributed by atoms with Crippen molar-refractivity contribution in [3.8, 4) is 0 Å². The quantitative estimate of drug-likeness (QED) is 0.768. The van der Waals surface area contributed by atoms with Crippen molar-refractivity contribution >= 4 is 0 Å². The smallest absolute Gasteiger partial charge is 0.0156 e. The third kappa shape index (κ3) is 2.36. The van der Waals surface area contributed by atoms with E-state index in [-0.39, 0.29) is 0 Å².